The monoisotopic (exact) mass is 328 g/mol. The number of carbonyl (C=O) groups excluding carboxylic acids is 1. The molecule has 0 aliphatic carbocycles. The van der Waals surface area contributed by atoms with Gasteiger partial charge in [0.05, 0.1) is 30.4 Å². The highest BCUT2D eigenvalue weighted by Crippen LogP contribution is 2.54. The van der Waals surface area contributed by atoms with E-state index in [1.807, 2.05) is 0 Å². The SMILES string of the molecule is CC(O)C1C(=O)N2C(C(=O)O)=C(SCCN=CN)CC12CN. The van der Waals surface area contributed by atoms with E-state index in [2.05, 4.69) is 4.99 Å². The number of rotatable bonds is 7. The first kappa shape index (κ1) is 16.8. The number of carboxylic acid groups (broad SMARTS) is 1. The maximum Gasteiger partial charge on any atom is 0.353 e. The van der Waals surface area contributed by atoms with Gasteiger partial charge >= 0.3 is 5.97 Å². The van der Waals surface area contributed by atoms with Gasteiger partial charge in [0.15, 0.2) is 0 Å². The number of hydrogen-bond acceptors (Lipinski definition) is 6. The highest BCUT2D eigenvalue weighted by Gasteiger charge is 2.66. The van der Waals surface area contributed by atoms with Gasteiger partial charge in [-0.15, -0.1) is 11.8 Å². The van der Waals surface area contributed by atoms with E-state index in [1.165, 1.54) is 29.9 Å². The average Bonchev–Trinajstić information content (AvgIpc) is 2.73. The molecule has 0 bridgehead atoms. The second-order valence-corrected chi connectivity index (χ2v) is 6.55. The van der Waals surface area contributed by atoms with E-state index in [4.69, 9.17) is 11.5 Å². The predicted molar refractivity (Wildman–Crippen MR) is 83.1 cm³/mol. The van der Waals surface area contributed by atoms with Gasteiger partial charge in [0, 0.05) is 23.6 Å². The average molecular weight is 328 g/mol. The third-order valence-electron chi connectivity index (χ3n) is 4.11. The van der Waals surface area contributed by atoms with Crippen molar-refractivity contribution in [1.82, 2.24) is 4.90 Å². The normalized spacial score (nSPS) is 29.0. The third-order valence-corrected chi connectivity index (χ3v) is 5.18. The molecule has 0 radical (unpaired) electrons. The Morgan fingerprint density at radius 2 is 2.36 bits per heavy atom. The van der Waals surface area contributed by atoms with Gasteiger partial charge in [-0.05, 0) is 6.92 Å². The second-order valence-electron chi connectivity index (χ2n) is 5.36. The Morgan fingerprint density at radius 1 is 1.68 bits per heavy atom. The molecule has 9 heteroatoms. The Labute approximate surface area is 132 Å². The number of carbonyl (C=O) groups is 2. The number of aliphatic hydroxyl groups is 1. The Hall–Kier alpha value is -1.58. The Bertz CT molecular complexity index is 548. The lowest BCUT2D eigenvalue weighted by atomic mass is 9.70. The molecule has 8 nitrogen and oxygen atoms in total. The van der Waals surface area contributed by atoms with Crippen molar-refractivity contribution in [3.63, 3.8) is 0 Å². The number of nitrogens with two attached hydrogens (primary N) is 2. The van der Waals surface area contributed by atoms with Crippen molar-refractivity contribution in [3.8, 4) is 0 Å². The first-order chi connectivity index (χ1) is 10.4. The maximum absolute atomic E-state index is 12.2. The number of aliphatic hydroxyl groups excluding tert-OH is 1. The fourth-order valence-electron chi connectivity index (χ4n) is 3.25. The summed E-state index contributed by atoms with van der Waals surface area (Å²) in [6.45, 7) is 2.09. The van der Waals surface area contributed by atoms with Crippen LogP contribution in [0.4, 0.5) is 0 Å². The van der Waals surface area contributed by atoms with E-state index in [0.717, 1.165) is 0 Å². The molecule has 3 unspecified atom stereocenters. The van der Waals surface area contributed by atoms with Crippen molar-refractivity contribution >= 4 is 30.0 Å². The van der Waals surface area contributed by atoms with Gasteiger partial charge in [-0.1, -0.05) is 0 Å². The van der Waals surface area contributed by atoms with Crippen LogP contribution in [-0.4, -0.2) is 63.8 Å². The van der Waals surface area contributed by atoms with Crippen LogP contribution < -0.4 is 11.5 Å². The van der Waals surface area contributed by atoms with Crippen molar-refractivity contribution in [1.29, 1.82) is 0 Å². The van der Waals surface area contributed by atoms with Crippen LogP contribution in [0.5, 0.6) is 0 Å². The lowest BCUT2D eigenvalue weighted by molar-refractivity contribution is -0.174. The largest absolute Gasteiger partial charge is 0.477 e. The van der Waals surface area contributed by atoms with Gasteiger partial charge in [-0.2, -0.15) is 0 Å². The van der Waals surface area contributed by atoms with E-state index in [0.29, 0.717) is 23.6 Å². The first-order valence-electron chi connectivity index (χ1n) is 6.92. The summed E-state index contributed by atoms with van der Waals surface area (Å²) in [4.78, 5) is 29.5. The van der Waals surface area contributed by atoms with Crippen LogP contribution in [-0.2, 0) is 9.59 Å². The molecule has 122 valence electrons. The van der Waals surface area contributed by atoms with E-state index in [-0.39, 0.29) is 18.1 Å². The molecule has 0 spiro atoms. The first-order valence-corrected chi connectivity index (χ1v) is 7.90. The van der Waals surface area contributed by atoms with Crippen LogP contribution in [0, 0.1) is 5.92 Å². The zero-order valence-corrected chi connectivity index (χ0v) is 13.0. The molecule has 0 saturated carbocycles. The fourth-order valence-corrected chi connectivity index (χ4v) is 4.36. The molecule has 2 aliphatic rings. The summed E-state index contributed by atoms with van der Waals surface area (Å²) in [7, 11) is 0. The van der Waals surface area contributed by atoms with Crippen molar-refractivity contribution in [3.05, 3.63) is 10.6 Å². The smallest absolute Gasteiger partial charge is 0.353 e. The minimum atomic E-state index is -1.16. The Kier molecular flexibility index (Phi) is 4.78. The summed E-state index contributed by atoms with van der Waals surface area (Å²) >= 11 is 1.34. The number of amides is 1. The summed E-state index contributed by atoms with van der Waals surface area (Å²) < 4.78 is 0. The van der Waals surface area contributed by atoms with Gasteiger partial charge in [-0.25, -0.2) is 4.79 Å². The topological polar surface area (TPSA) is 142 Å². The van der Waals surface area contributed by atoms with Crippen LogP contribution in [0.2, 0.25) is 0 Å². The van der Waals surface area contributed by atoms with E-state index >= 15 is 0 Å². The lowest BCUT2D eigenvalue weighted by Gasteiger charge is -2.54. The van der Waals surface area contributed by atoms with Gasteiger partial charge in [0.2, 0.25) is 5.91 Å². The number of nitrogens with zero attached hydrogens (tertiary/aromatic N) is 2. The maximum atomic E-state index is 12.2. The zero-order valence-electron chi connectivity index (χ0n) is 12.2. The summed E-state index contributed by atoms with van der Waals surface area (Å²) in [5.74, 6) is -1.64. The Balaban J connectivity index is 2.27. The molecule has 22 heavy (non-hydrogen) atoms. The van der Waals surface area contributed by atoms with Gasteiger partial charge in [-0.3, -0.25) is 14.7 Å². The molecule has 0 aromatic carbocycles. The molecule has 1 fully saturated rings. The zero-order chi connectivity index (χ0) is 16.5. The van der Waals surface area contributed by atoms with Gasteiger partial charge in [0.25, 0.3) is 0 Å². The van der Waals surface area contributed by atoms with E-state index in [9.17, 15) is 19.8 Å². The second kappa shape index (κ2) is 6.27. The molecule has 0 aromatic heterocycles. The third kappa shape index (κ3) is 2.38. The molecule has 2 heterocycles. The molecular weight excluding hydrogens is 308 g/mol. The summed E-state index contributed by atoms with van der Waals surface area (Å²) in [5.41, 5.74) is 10.1. The summed E-state index contributed by atoms with van der Waals surface area (Å²) in [6.07, 6.45) is 0.681. The molecule has 0 aromatic rings. The molecule has 2 rings (SSSR count). The minimum absolute atomic E-state index is 0.0194. The molecule has 3 atom stereocenters. The minimum Gasteiger partial charge on any atom is -0.477 e. The van der Waals surface area contributed by atoms with Crippen LogP contribution in [0.1, 0.15) is 13.3 Å². The van der Waals surface area contributed by atoms with Crippen LogP contribution in [0.25, 0.3) is 0 Å². The fraction of sp³-hybridized carbons (Fsp3) is 0.615. The molecule has 6 N–H and O–H groups in total. The van der Waals surface area contributed by atoms with Crippen LogP contribution in [0.15, 0.2) is 15.6 Å². The number of thioether (sulfide) groups is 1. The van der Waals surface area contributed by atoms with E-state index < -0.39 is 23.5 Å². The highest BCUT2D eigenvalue weighted by molar-refractivity contribution is 8.03. The number of β-lactam (4-membered cyclic amide) rings is 1. The number of fused-ring (bicyclic) bond motifs is 1. The molecule has 1 saturated heterocycles. The van der Waals surface area contributed by atoms with Gasteiger partial charge < -0.3 is 21.7 Å². The highest BCUT2D eigenvalue weighted by atomic mass is 32.2. The number of carboxylic acids is 1. The Morgan fingerprint density at radius 3 is 2.86 bits per heavy atom. The molecule has 1 amide bonds. The number of aliphatic imine (C=N–C) groups is 1. The summed E-state index contributed by atoms with van der Waals surface area (Å²) in [6, 6.07) is 0. The van der Waals surface area contributed by atoms with Crippen molar-refractivity contribution in [2.75, 3.05) is 18.8 Å². The van der Waals surface area contributed by atoms with Crippen molar-refractivity contribution < 1.29 is 19.8 Å². The van der Waals surface area contributed by atoms with Crippen molar-refractivity contribution in [2.24, 2.45) is 22.4 Å². The van der Waals surface area contributed by atoms with Crippen molar-refractivity contribution in [2.45, 2.75) is 25.0 Å². The lowest BCUT2D eigenvalue weighted by Crippen LogP contribution is -2.74. The molecular formula is C13H20N4O4S. The number of aliphatic carboxylic acids is 1. The summed E-state index contributed by atoms with van der Waals surface area (Å²) in [5, 5.41) is 19.3. The van der Waals surface area contributed by atoms with Gasteiger partial charge in [0.1, 0.15) is 5.70 Å². The quantitative estimate of drug-likeness (QED) is 0.202. The van der Waals surface area contributed by atoms with Crippen LogP contribution in [0.3, 0.4) is 0 Å². The van der Waals surface area contributed by atoms with Crippen LogP contribution >= 0.6 is 11.8 Å². The standard InChI is InChI=1S/C13H20N4O4S/c1-7(18)9-11(19)17-10(12(20)21)8(4-13(9,17)5-14)22-3-2-16-6-15/h6-7,9,18H,2-5,14H2,1H3,(H2,15,16)(H,20,21). The number of hydrogen-bond donors (Lipinski definition) is 4. The van der Waals surface area contributed by atoms with E-state index in [1.54, 1.807) is 0 Å². The molecule has 2 aliphatic heterocycles. The predicted octanol–water partition coefficient (Wildman–Crippen LogP) is -1.06.